The largest absolute Gasteiger partial charge is 0.379 e. The zero-order chi connectivity index (χ0) is 22.7. The van der Waals surface area contributed by atoms with E-state index in [4.69, 9.17) is 4.74 Å². The number of hydrogen-bond donors (Lipinski definition) is 1. The lowest BCUT2D eigenvalue weighted by Crippen LogP contribution is -2.34. The van der Waals surface area contributed by atoms with Gasteiger partial charge in [0.05, 0.1) is 11.7 Å². The fourth-order valence-corrected chi connectivity index (χ4v) is 3.97. The maximum absolute atomic E-state index is 13.4. The summed E-state index contributed by atoms with van der Waals surface area (Å²) in [5.41, 5.74) is 6.65. The molecule has 1 aliphatic rings. The second kappa shape index (κ2) is 9.48. The molecule has 1 aliphatic heterocycles. The molecular weight excluding hydrogens is 388 g/mol. The zero-order valence-electron chi connectivity index (χ0n) is 19.3. The normalized spacial score (nSPS) is 14.2. The topological polar surface area (TPSA) is 58.6 Å². The molecule has 0 fully saturated rings. The summed E-state index contributed by atoms with van der Waals surface area (Å²) in [7, 11) is 0. The predicted octanol–water partition coefficient (Wildman–Crippen LogP) is 4.93. The van der Waals surface area contributed by atoms with E-state index in [1.165, 1.54) is 4.90 Å². The Morgan fingerprint density at radius 1 is 0.903 bits per heavy atom. The second-order valence-corrected chi connectivity index (χ2v) is 8.60. The number of imide groups is 1. The van der Waals surface area contributed by atoms with Crippen LogP contribution >= 0.6 is 0 Å². The van der Waals surface area contributed by atoms with E-state index < -0.39 is 0 Å². The molecule has 5 heteroatoms. The van der Waals surface area contributed by atoms with Crippen LogP contribution in [0.1, 0.15) is 48.1 Å². The van der Waals surface area contributed by atoms with Crippen molar-refractivity contribution in [3.63, 3.8) is 0 Å². The number of nitrogens with one attached hydrogen (secondary N) is 1. The van der Waals surface area contributed by atoms with Crippen LogP contribution in [0, 0.1) is 27.7 Å². The number of hydrogen-bond acceptors (Lipinski definition) is 4. The lowest BCUT2D eigenvalue weighted by molar-refractivity contribution is -0.137. The second-order valence-electron chi connectivity index (χ2n) is 8.60. The molecule has 0 aromatic heterocycles. The van der Waals surface area contributed by atoms with E-state index in [1.54, 1.807) is 0 Å². The van der Waals surface area contributed by atoms with Crippen molar-refractivity contribution in [3.05, 3.63) is 69.9 Å². The van der Waals surface area contributed by atoms with Crippen molar-refractivity contribution >= 4 is 23.1 Å². The lowest BCUT2D eigenvalue weighted by atomic mass is 9.97. The highest BCUT2D eigenvalue weighted by molar-refractivity contribution is 6.36. The third kappa shape index (κ3) is 5.23. The molecule has 2 amide bonds. The van der Waals surface area contributed by atoms with Gasteiger partial charge < -0.3 is 10.1 Å². The summed E-state index contributed by atoms with van der Waals surface area (Å²) in [6.07, 6.45) is 0.725. The van der Waals surface area contributed by atoms with Gasteiger partial charge in [0.25, 0.3) is 11.8 Å². The number of carbonyl (C=O) groups excluding carboxylic acids is 2. The van der Waals surface area contributed by atoms with E-state index >= 15 is 0 Å². The zero-order valence-corrected chi connectivity index (χ0v) is 19.3. The fraction of sp³-hybridized carbons (Fsp3) is 0.385. The van der Waals surface area contributed by atoms with Gasteiger partial charge in [0.15, 0.2) is 0 Å². The highest BCUT2D eigenvalue weighted by Crippen LogP contribution is 2.33. The average Bonchev–Trinajstić information content (AvgIpc) is 2.88. The lowest BCUT2D eigenvalue weighted by Gasteiger charge is -2.16. The molecule has 1 heterocycles. The van der Waals surface area contributed by atoms with Gasteiger partial charge in [-0.2, -0.15) is 0 Å². The molecule has 2 aromatic carbocycles. The number of ether oxygens (including phenoxy) is 1. The van der Waals surface area contributed by atoms with Gasteiger partial charge in [-0.25, -0.2) is 0 Å². The minimum atomic E-state index is -0.288. The van der Waals surface area contributed by atoms with E-state index in [9.17, 15) is 9.59 Å². The van der Waals surface area contributed by atoms with E-state index in [0.717, 1.165) is 33.5 Å². The smallest absolute Gasteiger partial charge is 0.278 e. The van der Waals surface area contributed by atoms with Crippen LogP contribution < -0.4 is 5.32 Å². The Balaban J connectivity index is 1.98. The van der Waals surface area contributed by atoms with Crippen molar-refractivity contribution in [3.8, 4) is 0 Å². The molecule has 0 unspecified atom stereocenters. The van der Waals surface area contributed by atoms with Crippen molar-refractivity contribution in [1.29, 1.82) is 0 Å². The first-order chi connectivity index (χ1) is 14.7. The van der Waals surface area contributed by atoms with Crippen LogP contribution in [0.4, 0.5) is 5.69 Å². The van der Waals surface area contributed by atoms with Gasteiger partial charge >= 0.3 is 0 Å². The van der Waals surface area contributed by atoms with Gasteiger partial charge in [-0.1, -0.05) is 29.8 Å². The summed E-state index contributed by atoms with van der Waals surface area (Å²) in [5.74, 6) is -0.544. The van der Waals surface area contributed by atoms with Gasteiger partial charge in [0.1, 0.15) is 5.70 Å². The van der Waals surface area contributed by atoms with Crippen LogP contribution in [0.15, 0.2) is 42.1 Å². The van der Waals surface area contributed by atoms with Crippen molar-refractivity contribution in [2.24, 2.45) is 0 Å². The first kappa shape index (κ1) is 22.8. The predicted molar refractivity (Wildman–Crippen MR) is 125 cm³/mol. The molecule has 31 heavy (non-hydrogen) atoms. The van der Waals surface area contributed by atoms with Crippen LogP contribution in [0.25, 0.3) is 5.57 Å². The molecule has 0 saturated heterocycles. The molecule has 3 rings (SSSR count). The van der Waals surface area contributed by atoms with Gasteiger partial charge in [0.2, 0.25) is 0 Å². The third-order valence-electron chi connectivity index (χ3n) is 5.29. The number of rotatable bonds is 8. The minimum absolute atomic E-state index is 0.121. The van der Waals surface area contributed by atoms with Crippen molar-refractivity contribution < 1.29 is 14.3 Å². The number of aryl methyl sites for hydroxylation is 4. The summed E-state index contributed by atoms with van der Waals surface area (Å²) >= 11 is 0. The van der Waals surface area contributed by atoms with Gasteiger partial charge in [-0.3, -0.25) is 14.5 Å². The van der Waals surface area contributed by atoms with E-state index in [1.807, 2.05) is 71.9 Å². The van der Waals surface area contributed by atoms with E-state index in [-0.39, 0.29) is 17.9 Å². The van der Waals surface area contributed by atoms with Crippen molar-refractivity contribution in [1.82, 2.24) is 4.90 Å². The Morgan fingerprint density at radius 2 is 1.58 bits per heavy atom. The first-order valence-electron chi connectivity index (χ1n) is 10.8. The molecule has 164 valence electrons. The van der Waals surface area contributed by atoms with Gasteiger partial charge in [-0.15, -0.1) is 0 Å². The Kier molecular flexibility index (Phi) is 6.96. The van der Waals surface area contributed by atoms with Gasteiger partial charge in [-0.05, 0) is 82.3 Å². The molecule has 0 bridgehead atoms. The van der Waals surface area contributed by atoms with Crippen molar-refractivity contribution in [2.75, 3.05) is 18.5 Å². The molecule has 0 aliphatic carbocycles. The number of carbonyl (C=O) groups is 2. The van der Waals surface area contributed by atoms with Crippen LogP contribution in [-0.4, -0.2) is 36.0 Å². The number of benzene rings is 2. The Labute approximate surface area is 185 Å². The summed E-state index contributed by atoms with van der Waals surface area (Å²) in [6, 6.07) is 12.0. The molecule has 0 atom stereocenters. The summed E-state index contributed by atoms with van der Waals surface area (Å²) in [5, 5.41) is 3.27. The third-order valence-corrected chi connectivity index (χ3v) is 5.29. The van der Waals surface area contributed by atoms with Crippen molar-refractivity contribution in [2.45, 2.75) is 54.1 Å². The van der Waals surface area contributed by atoms with Crippen LogP contribution in [0.5, 0.6) is 0 Å². The molecular formula is C26H32N2O3. The molecule has 0 saturated carbocycles. The van der Waals surface area contributed by atoms with Gasteiger partial charge in [0, 0.05) is 18.8 Å². The molecule has 5 nitrogen and oxygen atoms in total. The van der Waals surface area contributed by atoms with E-state index in [0.29, 0.717) is 30.8 Å². The Bertz CT molecular complexity index is 1020. The molecule has 0 spiro atoms. The summed E-state index contributed by atoms with van der Waals surface area (Å²) < 4.78 is 5.59. The average molecular weight is 421 g/mol. The maximum atomic E-state index is 13.4. The number of nitrogens with zero attached hydrogens (tertiary/aromatic N) is 1. The fourth-order valence-electron chi connectivity index (χ4n) is 3.97. The Hall–Kier alpha value is -2.92. The van der Waals surface area contributed by atoms with Crippen LogP contribution in [0.3, 0.4) is 0 Å². The number of anilines is 1. The maximum Gasteiger partial charge on any atom is 0.278 e. The highest BCUT2D eigenvalue weighted by atomic mass is 16.5. The van der Waals surface area contributed by atoms with Crippen LogP contribution in [-0.2, 0) is 14.3 Å². The Morgan fingerprint density at radius 3 is 2.19 bits per heavy atom. The molecule has 2 aromatic rings. The molecule has 1 N–H and O–H groups in total. The monoisotopic (exact) mass is 420 g/mol. The standard InChI is InChI=1S/C26H32N2O3/c1-16(2)31-11-7-10-28-25(29)23(22-9-8-17(3)13-20(22)6)24(26(28)30)27-21-14-18(4)12-19(5)15-21/h8-9,12-16,27H,7,10-11H2,1-6H3. The first-order valence-corrected chi connectivity index (χ1v) is 10.8. The SMILES string of the molecule is Cc1cc(C)cc(NC2=C(c3ccc(C)cc3C)C(=O)N(CCCOC(C)C)C2=O)c1. The molecule has 0 radical (unpaired) electrons. The summed E-state index contributed by atoms with van der Waals surface area (Å²) in [6.45, 7) is 12.8. The quantitative estimate of drug-likeness (QED) is 0.486. The highest BCUT2D eigenvalue weighted by Gasteiger charge is 2.39. The van der Waals surface area contributed by atoms with E-state index in [2.05, 4.69) is 11.4 Å². The van der Waals surface area contributed by atoms with Crippen LogP contribution in [0.2, 0.25) is 0 Å². The minimum Gasteiger partial charge on any atom is -0.379 e. The summed E-state index contributed by atoms with van der Waals surface area (Å²) in [4.78, 5) is 28.0. The number of amides is 2.